The van der Waals surface area contributed by atoms with Gasteiger partial charge in [0.15, 0.2) is 5.75 Å². The van der Waals surface area contributed by atoms with Gasteiger partial charge < -0.3 is 21.1 Å². The van der Waals surface area contributed by atoms with Crippen LogP contribution < -0.4 is 21.1 Å². The van der Waals surface area contributed by atoms with Crippen molar-refractivity contribution in [3.63, 3.8) is 0 Å². The Labute approximate surface area is 125 Å². The van der Waals surface area contributed by atoms with Crippen LogP contribution in [0.1, 0.15) is 38.1 Å². The molecule has 21 heavy (non-hydrogen) atoms. The van der Waals surface area contributed by atoms with E-state index in [-0.39, 0.29) is 18.0 Å². The number of rotatable bonds is 5. The zero-order valence-corrected chi connectivity index (χ0v) is 12.9. The van der Waals surface area contributed by atoms with Crippen LogP contribution in [0, 0.1) is 0 Å². The Morgan fingerprint density at radius 1 is 1.29 bits per heavy atom. The fourth-order valence-corrected chi connectivity index (χ4v) is 1.76. The standard InChI is InChI=1S/C15H23N3O3/c1-5-21-13-10(7-6-8-11(13)16)14(20)17-9-12(19)18-15(2,3)4/h6-8H,5,9,16H2,1-4H3,(H,17,20)(H,18,19). The Balaban J connectivity index is 2.72. The van der Waals surface area contributed by atoms with E-state index in [1.807, 2.05) is 27.7 Å². The van der Waals surface area contributed by atoms with Crippen LogP contribution in [0.25, 0.3) is 0 Å². The zero-order chi connectivity index (χ0) is 16.0. The first-order chi connectivity index (χ1) is 9.74. The van der Waals surface area contributed by atoms with Crippen molar-refractivity contribution in [1.29, 1.82) is 0 Å². The monoisotopic (exact) mass is 293 g/mol. The van der Waals surface area contributed by atoms with Crippen molar-refractivity contribution in [1.82, 2.24) is 10.6 Å². The lowest BCUT2D eigenvalue weighted by Crippen LogP contribution is -2.45. The first-order valence-corrected chi connectivity index (χ1v) is 6.85. The summed E-state index contributed by atoms with van der Waals surface area (Å²) in [6, 6.07) is 4.94. The predicted molar refractivity (Wildman–Crippen MR) is 82.3 cm³/mol. The third kappa shape index (κ3) is 5.33. The van der Waals surface area contributed by atoms with E-state index in [4.69, 9.17) is 10.5 Å². The van der Waals surface area contributed by atoms with Crippen LogP contribution in [-0.4, -0.2) is 30.5 Å². The molecule has 0 aromatic heterocycles. The molecule has 0 saturated carbocycles. The first kappa shape index (κ1) is 16.8. The summed E-state index contributed by atoms with van der Waals surface area (Å²) in [4.78, 5) is 23.8. The molecule has 2 amide bonds. The van der Waals surface area contributed by atoms with Gasteiger partial charge in [-0.3, -0.25) is 9.59 Å². The summed E-state index contributed by atoms with van der Waals surface area (Å²) in [6.07, 6.45) is 0. The second kappa shape index (κ2) is 6.97. The summed E-state index contributed by atoms with van der Waals surface area (Å²) < 4.78 is 5.39. The minimum Gasteiger partial charge on any atom is -0.491 e. The van der Waals surface area contributed by atoms with Gasteiger partial charge in [-0.2, -0.15) is 0 Å². The summed E-state index contributed by atoms with van der Waals surface area (Å²) in [7, 11) is 0. The quantitative estimate of drug-likeness (QED) is 0.714. The summed E-state index contributed by atoms with van der Waals surface area (Å²) in [5, 5.41) is 5.33. The highest BCUT2D eigenvalue weighted by Crippen LogP contribution is 2.26. The van der Waals surface area contributed by atoms with Gasteiger partial charge in [0, 0.05) is 5.54 Å². The molecule has 0 aliphatic heterocycles. The van der Waals surface area contributed by atoms with E-state index >= 15 is 0 Å². The van der Waals surface area contributed by atoms with Crippen LogP contribution in [0.2, 0.25) is 0 Å². The highest BCUT2D eigenvalue weighted by molar-refractivity contribution is 6.00. The first-order valence-electron chi connectivity index (χ1n) is 6.85. The number of carbonyl (C=O) groups is 2. The molecule has 0 heterocycles. The van der Waals surface area contributed by atoms with Gasteiger partial charge in [-0.05, 0) is 39.8 Å². The summed E-state index contributed by atoms with van der Waals surface area (Å²) in [5.41, 5.74) is 6.17. The minimum atomic E-state index is -0.394. The number of amides is 2. The van der Waals surface area contributed by atoms with Gasteiger partial charge in [-0.1, -0.05) is 6.07 Å². The molecule has 0 aliphatic carbocycles. The lowest BCUT2D eigenvalue weighted by Gasteiger charge is -2.20. The Morgan fingerprint density at radius 2 is 1.95 bits per heavy atom. The van der Waals surface area contributed by atoms with Crippen LogP contribution in [0.5, 0.6) is 5.75 Å². The van der Waals surface area contributed by atoms with Crippen molar-refractivity contribution in [3.8, 4) is 5.75 Å². The second-order valence-corrected chi connectivity index (χ2v) is 5.64. The van der Waals surface area contributed by atoms with Crippen molar-refractivity contribution >= 4 is 17.5 Å². The number of carbonyl (C=O) groups excluding carboxylic acids is 2. The van der Waals surface area contributed by atoms with Gasteiger partial charge in [0.05, 0.1) is 24.4 Å². The molecule has 0 atom stereocenters. The number of benzene rings is 1. The molecule has 1 rings (SSSR count). The molecule has 6 nitrogen and oxygen atoms in total. The molecule has 0 fully saturated rings. The molecular weight excluding hydrogens is 270 g/mol. The largest absolute Gasteiger partial charge is 0.491 e. The normalized spacial score (nSPS) is 10.9. The maximum Gasteiger partial charge on any atom is 0.255 e. The highest BCUT2D eigenvalue weighted by Gasteiger charge is 2.17. The van der Waals surface area contributed by atoms with Crippen molar-refractivity contribution in [2.45, 2.75) is 33.2 Å². The number of nitrogen functional groups attached to an aromatic ring is 1. The lowest BCUT2D eigenvalue weighted by molar-refractivity contribution is -0.121. The molecule has 0 unspecified atom stereocenters. The SMILES string of the molecule is CCOc1c(N)cccc1C(=O)NCC(=O)NC(C)(C)C. The maximum atomic E-state index is 12.1. The fraction of sp³-hybridized carbons (Fsp3) is 0.467. The molecule has 6 heteroatoms. The summed E-state index contributed by atoms with van der Waals surface area (Å²) in [5.74, 6) is -0.304. The summed E-state index contributed by atoms with van der Waals surface area (Å²) in [6.45, 7) is 7.73. The highest BCUT2D eigenvalue weighted by atomic mass is 16.5. The van der Waals surface area contributed by atoms with Gasteiger partial charge in [0.2, 0.25) is 5.91 Å². The van der Waals surface area contributed by atoms with Gasteiger partial charge in [-0.25, -0.2) is 0 Å². The van der Waals surface area contributed by atoms with Crippen molar-refractivity contribution in [3.05, 3.63) is 23.8 Å². The van der Waals surface area contributed by atoms with E-state index in [0.717, 1.165) is 0 Å². The van der Waals surface area contributed by atoms with E-state index in [1.54, 1.807) is 18.2 Å². The average Bonchev–Trinajstić information content (AvgIpc) is 2.36. The van der Waals surface area contributed by atoms with Crippen LogP contribution in [0.3, 0.4) is 0 Å². The molecule has 0 aliphatic rings. The van der Waals surface area contributed by atoms with Crippen molar-refractivity contribution in [2.75, 3.05) is 18.9 Å². The smallest absolute Gasteiger partial charge is 0.255 e. The number of para-hydroxylation sites is 1. The number of hydrogen-bond donors (Lipinski definition) is 3. The molecular formula is C15H23N3O3. The van der Waals surface area contributed by atoms with Gasteiger partial charge in [-0.15, -0.1) is 0 Å². The van der Waals surface area contributed by atoms with Crippen LogP contribution in [0.4, 0.5) is 5.69 Å². The molecule has 0 bridgehead atoms. The third-order valence-corrected chi connectivity index (χ3v) is 2.50. The molecule has 0 spiro atoms. The van der Waals surface area contributed by atoms with Crippen molar-refractivity contribution < 1.29 is 14.3 Å². The topological polar surface area (TPSA) is 93.4 Å². The van der Waals surface area contributed by atoms with E-state index in [9.17, 15) is 9.59 Å². The number of nitrogens with two attached hydrogens (primary N) is 1. The number of anilines is 1. The molecule has 1 aromatic carbocycles. The lowest BCUT2D eigenvalue weighted by atomic mass is 10.1. The fourth-order valence-electron chi connectivity index (χ4n) is 1.76. The Kier molecular flexibility index (Phi) is 5.58. The Bertz CT molecular complexity index is 521. The van der Waals surface area contributed by atoms with Crippen LogP contribution >= 0.6 is 0 Å². The van der Waals surface area contributed by atoms with Crippen molar-refractivity contribution in [2.24, 2.45) is 0 Å². The van der Waals surface area contributed by atoms with E-state index < -0.39 is 5.91 Å². The maximum absolute atomic E-state index is 12.1. The van der Waals surface area contributed by atoms with Gasteiger partial charge >= 0.3 is 0 Å². The third-order valence-electron chi connectivity index (χ3n) is 2.50. The van der Waals surface area contributed by atoms with Crippen LogP contribution in [0.15, 0.2) is 18.2 Å². The molecule has 1 aromatic rings. The number of hydrogen-bond acceptors (Lipinski definition) is 4. The predicted octanol–water partition coefficient (Wildman–Crippen LogP) is 1.31. The van der Waals surface area contributed by atoms with E-state index in [2.05, 4.69) is 10.6 Å². The average molecular weight is 293 g/mol. The Morgan fingerprint density at radius 3 is 2.52 bits per heavy atom. The summed E-state index contributed by atoms with van der Waals surface area (Å²) >= 11 is 0. The Hall–Kier alpha value is -2.24. The van der Waals surface area contributed by atoms with Gasteiger partial charge in [0.1, 0.15) is 0 Å². The molecule has 0 radical (unpaired) electrons. The zero-order valence-electron chi connectivity index (χ0n) is 12.9. The van der Waals surface area contributed by atoms with Gasteiger partial charge in [0.25, 0.3) is 5.91 Å². The molecule has 0 saturated heterocycles. The number of ether oxygens (including phenoxy) is 1. The number of nitrogens with one attached hydrogen (secondary N) is 2. The van der Waals surface area contributed by atoms with Crippen LogP contribution in [-0.2, 0) is 4.79 Å². The molecule has 116 valence electrons. The minimum absolute atomic E-state index is 0.101. The van der Waals surface area contributed by atoms with E-state index in [1.165, 1.54) is 0 Å². The van der Waals surface area contributed by atoms with E-state index in [0.29, 0.717) is 23.6 Å². The molecule has 4 N–H and O–H groups in total. The second-order valence-electron chi connectivity index (χ2n) is 5.64.